The first-order valence-corrected chi connectivity index (χ1v) is 15.3. The van der Waals surface area contributed by atoms with Gasteiger partial charge in [-0.2, -0.15) is 0 Å². The normalized spacial score (nSPS) is 15.6. The Labute approximate surface area is 267 Å². The number of carbonyl (C=O) groups excluding carboxylic acids is 1. The number of rotatable bonds is 11. The summed E-state index contributed by atoms with van der Waals surface area (Å²) < 4.78 is 28.5. The van der Waals surface area contributed by atoms with Gasteiger partial charge in [0.05, 0.1) is 18.3 Å². The predicted octanol–water partition coefficient (Wildman–Crippen LogP) is 5.20. The van der Waals surface area contributed by atoms with Crippen LogP contribution in [0.5, 0.6) is 17.2 Å². The van der Waals surface area contributed by atoms with Gasteiger partial charge < -0.3 is 25.2 Å². The molecule has 1 aliphatic heterocycles. The van der Waals surface area contributed by atoms with E-state index < -0.39 is 22.9 Å². The lowest BCUT2D eigenvalue weighted by Gasteiger charge is -2.37. The quantitative estimate of drug-likeness (QED) is 0.175. The van der Waals surface area contributed by atoms with E-state index >= 15 is 0 Å². The van der Waals surface area contributed by atoms with Gasteiger partial charge in [-0.15, -0.1) is 16.4 Å². The number of nitrogens with one attached hydrogen (secondary N) is 2. The summed E-state index contributed by atoms with van der Waals surface area (Å²) in [4.78, 5) is 32.8. The van der Waals surface area contributed by atoms with E-state index in [1.54, 1.807) is 34.7 Å². The lowest BCUT2D eigenvalue weighted by Crippen LogP contribution is -2.47. The fourth-order valence-corrected chi connectivity index (χ4v) is 5.82. The van der Waals surface area contributed by atoms with Gasteiger partial charge in [0.25, 0.3) is 0 Å². The van der Waals surface area contributed by atoms with E-state index in [0.29, 0.717) is 36.1 Å². The Hall–Kier alpha value is -5.21. The van der Waals surface area contributed by atoms with Gasteiger partial charge in [-0.05, 0) is 67.8 Å². The maximum absolute atomic E-state index is 14.6. The van der Waals surface area contributed by atoms with Crippen molar-refractivity contribution in [1.82, 2.24) is 30.3 Å². The number of ether oxygens (including phenoxy) is 2. The number of carboxylic acids is 1. The molecule has 1 unspecified atom stereocenters. The van der Waals surface area contributed by atoms with Crippen LogP contribution in [0.4, 0.5) is 9.52 Å². The van der Waals surface area contributed by atoms with Gasteiger partial charge in [-0.3, -0.25) is 9.78 Å². The standard InChI is InChI=1S/C32H30FN7O5S/c1-19-3-4-21(17-35-19)26-18-40(39-38-26)10-11-44-27-13-20-7-8-36-32(2,16-29(41)37-31-34-9-12-46-31)24(20)15-28(27)45-22-5-6-23(30(42)43)25(33)14-22/h3-6,9,12-15,17-18,36H,7-8,10-11,16H2,1-2H3,(H,42,43)(H,34,37,41). The second-order valence-corrected chi connectivity index (χ2v) is 11.9. The second kappa shape index (κ2) is 13.0. The summed E-state index contributed by atoms with van der Waals surface area (Å²) in [7, 11) is 0. The van der Waals surface area contributed by atoms with Crippen LogP contribution in [-0.4, -0.2) is 55.1 Å². The van der Waals surface area contributed by atoms with E-state index in [1.165, 1.54) is 17.4 Å². The van der Waals surface area contributed by atoms with Gasteiger partial charge in [0.1, 0.15) is 23.9 Å². The molecule has 5 aromatic rings. The average Bonchev–Trinajstić information content (AvgIpc) is 3.70. The molecule has 6 rings (SSSR count). The Morgan fingerprint density at radius 1 is 1.17 bits per heavy atom. The first-order valence-electron chi connectivity index (χ1n) is 14.5. The summed E-state index contributed by atoms with van der Waals surface area (Å²) in [5.41, 5.74) is 3.00. The van der Waals surface area contributed by atoms with Crippen LogP contribution in [-0.2, 0) is 23.3 Å². The minimum Gasteiger partial charge on any atom is -0.488 e. The molecule has 0 radical (unpaired) electrons. The molecule has 236 valence electrons. The summed E-state index contributed by atoms with van der Waals surface area (Å²) in [6.07, 6.45) is 5.96. The van der Waals surface area contributed by atoms with E-state index in [4.69, 9.17) is 9.47 Å². The molecular weight excluding hydrogens is 613 g/mol. The summed E-state index contributed by atoms with van der Waals surface area (Å²) >= 11 is 1.33. The van der Waals surface area contributed by atoms with Crippen molar-refractivity contribution in [2.24, 2.45) is 0 Å². The van der Waals surface area contributed by atoms with Crippen LogP contribution in [0.2, 0.25) is 0 Å². The first-order chi connectivity index (χ1) is 22.2. The fraction of sp³-hybridized carbons (Fsp3) is 0.250. The Bertz CT molecular complexity index is 1880. The van der Waals surface area contributed by atoms with Crippen molar-refractivity contribution in [2.45, 2.75) is 38.8 Å². The number of pyridine rings is 1. The van der Waals surface area contributed by atoms with Crippen molar-refractivity contribution in [1.29, 1.82) is 0 Å². The zero-order valence-corrected chi connectivity index (χ0v) is 25.8. The topological polar surface area (TPSA) is 153 Å². The number of anilines is 1. The molecule has 0 spiro atoms. The second-order valence-electron chi connectivity index (χ2n) is 11.0. The molecule has 12 nitrogen and oxygen atoms in total. The zero-order chi connectivity index (χ0) is 32.3. The summed E-state index contributed by atoms with van der Waals surface area (Å²) in [5, 5.41) is 26.3. The van der Waals surface area contributed by atoms with Crippen LogP contribution >= 0.6 is 11.3 Å². The third-order valence-electron chi connectivity index (χ3n) is 7.59. The van der Waals surface area contributed by atoms with E-state index in [-0.39, 0.29) is 30.4 Å². The highest BCUT2D eigenvalue weighted by Crippen LogP contribution is 2.41. The monoisotopic (exact) mass is 643 g/mol. The summed E-state index contributed by atoms with van der Waals surface area (Å²) in [5.74, 6) is -1.74. The Kier molecular flexibility index (Phi) is 8.72. The number of hydrogen-bond acceptors (Lipinski definition) is 10. The van der Waals surface area contributed by atoms with E-state index in [2.05, 4.69) is 30.9 Å². The van der Waals surface area contributed by atoms with Crippen LogP contribution in [0, 0.1) is 12.7 Å². The fourth-order valence-electron chi connectivity index (χ4n) is 5.28. The van der Waals surface area contributed by atoms with Crippen LogP contribution in [0.25, 0.3) is 11.3 Å². The highest BCUT2D eigenvalue weighted by Gasteiger charge is 2.35. The number of benzene rings is 2. The molecule has 0 saturated carbocycles. The molecule has 2 aromatic carbocycles. The number of hydrogen-bond donors (Lipinski definition) is 3. The van der Waals surface area contributed by atoms with E-state index in [1.807, 2.05) is 32.0 Å². The number of aryl methyl sites for hydroxylation is 1. The molecule has 0 saturated heterocycles. The molecule has 0 bridgehead atoms. The molecule has 1 amide bonds. The maximum Gasteiger partial charge on any atom is 0.338 e. The number of aromatic carboxylic acids is 1. The minimum atomic E-state index is -1.38. The number of fused-ring (bicyclic) bond motifs is 1. The lowest BCUT2D eigenvalue weighted by molar-refractivity contribution is -0.117. The molecule has 0 fully saturated rings. The van der Waals surface area contributed by atoms with Gasteiger partial charge in [-0.25, -0.2) is 18.9 Å². The smallest absolute Gasteiger partial charge is 0.338 e. The molecule has 4 heterocycles. The molecule has 46 heavy (non-hydrogen) atoms. The summed E-state index contributed by atoms with van der Waals surface area (Å²) in [6.45, 7) is 5.06. The SMILES string of the molecule is Cc1ccc(-c2cn(CCOc3cc4c(cc3Oc3ccc(C(=O)O)c(F)c3)C(C)(CC(=O)Nc3nccs3)NCC4)nn2)cn1. The van der Waals surface area contributed by atoms with Crippen molar-refractivity contribution < 1.29 is 28.6 Å². The lowest BCUT2D eigenvalue weighted by atomic mass is 9.81. The van der Waals surface area contributed by atoms with Gasteiger partial charge in [-0.1, -0.05) is 5.21 Å². The molecular formula is C32H30FN7O5S. The van der Waals surface area contributed by atoms with Crippen molar-refractivity contribution in [3.05, 3.63) is 94.6 Å². The van der Waals surface area contributed by atoms with Gasteiger partial charge in [0.15, 0.2) is 16.6 Å². The number of carboxylic acid groups (broad SMARTS) is 1. The van der Waals surface area contributed by atoms with Crippen molar-refractivity contribution >= 4 is 28.3 Å². The number of amides is 1. The van der Waals surface area contributed by atoms with Gasteiger partial charge >= 0.3 is 5.97 Å². The Morgan fingerprint density at radius 2 is 2.04 bits per heavy atom. The highest BCUT2D eigenvalue weighted by atomic mass is 32.1. The van der Waals surface area contributed by atoms with Crippen LogP contribution in [0.3, 0.4) is 0 Å². The van der Waals surface area contributed by atoms with E-state index in [9.17, 15) is 19.1 Å². The highest BCUT2D eigenvalue weighted by molar-refractivity contribution is 7.13. The third kappa shape index (κ3) is 6.87. The molecule has 0 aliphatic carbocycles. The maximum atomic E-state index is 14.6. The molecule has 3 aromatic heterocycles. The van der Waals surface area contributed by atoms with Crippen molar-refractivity contribution in [3.8, 4) is 28.5 Å². The van der Waals surface area contributed by atoms with Crippen molar-refractivity contribution in [3.63, 3.8) is 0 Å². The number of carbonyl (C=O) groups is 2. The first kappa shape index (κ1) is 30.8. The van der Waals surface area contributed by atoms with Crippen molar-refractivity contribution in [2.75, 3.05) is 18.5 Å². The molecule has 14 heteroatoms. The van der Waals surface area contributed by atoms with E-state index in [0.717, 1.165) is 34.5 Å². The Balaban J connectivity index is 1.26. The largest absolute Gasteiger partial charge is 0.488 e. The summed E-state index contributed by atoms with van der Waals surface area (Å²) in [6, 6.07) is 11.0. The number of halogens is 1. The molecule has 1 aliphatic rings. The third-order valence-corrected chi connectivity index (χ3v) is 8.28. The van der Waals surface area contributed by atoms with Crippen LogP contribution < -0.4 is 20.1 Å². The molecule has 1 atom stereocenters. The van der Waals surface area contributed by atoms with Crippen LogP contribution in [0.15, 0.2) is 66.4 Å². The Morgan fingerprint density at radius 3 is 2.78 bits per heavy atom. The van der Waals surface area contributed by atoms with Gasteiger partial charge in [0, 0.05) is 53.6 Å². The number of thiazole rings is 1. The zero-order valence-electron chi connectivity index (χ0n) is 25.0. The number of nitrogens with zero attached hydrogens (tertiary/aromatic N) is 5. The van der Waals surface area contributed by atoms with Crippen LogP contribution in [0.1, 0.15) is 40.5 Å². The van der Waals surface area contributed by atoms with Gasteiger partial charge in [0.2, 0.25) is 5.91 Å². The molecule has 3 N–H and O–H groups in total. The predicted molar refractivity (Wildman–Crippen MR) is 168 cm³/mol. The minimum absolute atomic E-state index is 0.0897. The number of aromatic nitrogens is 5. The average molecular weight is 644 g/mol.